The predicted molar refractivity (Wildman–Crippen MR) is 123 cm³/mol. The molecule has 140 valence electrons. The van der Waals surface area contributed by atoms with Crippen LogP contribution in [0.5, 0.6) is 0 Å². The van der Waals surface area contributed by atoms with Crippen molar-refractivity contribution in [1.82, 2.24) is 0 Å². The van der Waals surface area contributed by atoms with Gasteiger partial charge in [0.1, 0.15) is 0 Å². The van der Waals surface area contributed by atoms with Crippen LogP contribution in [0.2, 0.25) is 0 Å². The molecule has 0 unspecified atom stereocenters. The minimum atomic E-state index is -0.705. The second-order valence-electron chi connectivity index (χ2n) is 8.36. The standard InChI is InChI=1S/C8H16O2.C8H12O2.I2.HI.H2/c2*1-7(2)5(9)8(3,4)6(7)10;1-2;;/h5-6,9-10H,1-4H3;1-4H3;;2*1H. The SMILES string of the molecule is CC1(C)C(=O)C(C)(C)C1=O.CC1(C)C(O)C(C)(C)C1O.I.II.[HH]. The third kappa shape index (κ3) is 4.41. The molecular weight excluding hydrogens is 637 g/mol. The quantitative estimate of drug-likeness (QED) is 0.293. The van der Waals surface area contributed by atoms with E-state index in [2.05, 4.69) is 37.2 Å². The number of hydrogen-bond acceptors (Lipinski definition) is 4. The molecule has 0 aromatic rings. The van der Waals surface area contributed by atoms with Crippen molar-refractivity contribution >= 4 is 72.8 Å². The molecule has 0 spiro atoms. The van der Waals surface area contributed by atoms with E-state index in [1.807, 2.05) is 27.7 Å². The topological polar surface area (TPSA) is 74.6 Å². The molecular formula is C16H31I3O4. The second-order valence-corrected chi connectivity index (χ2v) is 8.36. The molecule has 0 heterocycles. The lowest BCUT2D eigenvalue weighted by Crippen LogP contribution is -2.67. The van der Waals surface area contributed by atoms with E-state index in [-0.39, 0.29) is 60.0 Å². The molecule has 0 amide bonds. The Morgan fingerprint density at radius 3 is 1.00 bits per heavy atom. The fourth-order valence-electron chi connectivity index (χ4n) is 3.83. The van der Waals surface area contributed by atoms with E-state index < -0.39 is 10.8 Å². The highest BCUT2D eigenvalue weighted by molar-refractivity contribution is 15.0. The average Bonchev–Trinajstić information content (AvgIpc) is 2.46. The molecule has 0 aromatic heterocycles. The number of ketones is 2. The van der Waals surface area contributed by atoms with Gasteiger partial charge in [0.05, 0.1) is 23.0 Å². The van der Waals surface area contributed by atoms with Crippen LogP contribution in [-0.2, 0) is 9.59 Å². The Kier molecular flexibility index (Phi) is 9.77. The Morgan fingerprint density at radius 1 is 0.739 bits per heavy atom. The first kappa shape index (κ1) is 26.7. The van der Waals surface area contributed by atoms with Gasteiger partial charge < -0.3 is 10.2 Å². The van der Waals surface area contributed by atoms with Gasteiger partial charge in [0.15, 0.2) is 11.6 Å². The van der Waals surface area contributed by atoms with E-state index in [4.69, 9.17) is 0 Å². The molecule has 4 nitrogen and oxygen atoms in total. The van der Waals surface area contributed by atoms with Crippen molar-refractivity contribution in [3.8, 4) is 0 Å². The molecule has 2 saturated carbocycles. The first-order valence-electron chi connectivity index (χ1n) is 7.22. The van der Waals surface area contributed by atoms with E-state index >= 15 is 0 Å². The predicted octanol–water partition coefficient (Wildman–Crippen LogP) is 4.60. The maximum atomic E-state index is 11.2. The van der Waals surface area contributed by atoms with Crippen LogP contribution in [0.15, 0.2) is 0 Å². The fourth-order valence-corrected chi connectivity index (χ4v) is 3.83. The first-order valence-corrected chi connectivity index (χ1v) is 13.5. The number of aliphatic hydroxyl groups is 2. The average molecular weight is 668 g/mol. The van der Waals surface area contributed by atoms with E-state index in [0.717, 1.165) is 0 Å². The van der Waals surface area contributed by atoms with Crippen molar-refractivity contribution in [2.75, 3.05) is 0 Å². The summed E-state index contributed by atoms with van der Waals surface area (Å²) in [7, 11) is 0. The third-order valence-electron chi connectivity index (χ3n) is 5.09. The zero-order valence-electron chi connectivity index (χ0n) is 15.0. The summed E-state index contributed by atoms with van der Waals surface area (Å²) in [5.74, 6) is 0.120. The highest BCUT2D eigenvalue weighted by Crippen LogP contribution is 2.53. The fraction of sp³-hybridized carbons (Fsp3) is 0.875. The maximum absolute atomic E-state index is 11.2. The van der Waals surface area contributed by atoms with Crippen molar-refractivity contribution in [2.24, 2.45) is 21.7 Å². The molecule has 0 aromatic carbocycles. The third-order valence-corrected chi connectivity index (χ3v) is 5.09. The molecule has 0 aliphatic heterocycles. The van der Waals surface area contributed by atoms with Crippen LogP contribution in [0.3, 0.4) is 0 Å². The van der Waals surface area contributed by atoms with Crippen molar-refractivity contribution in [1.29, 1.82) is 0 Å². The number of carbonyl (C=O) groups is 2. The number of halogens is 3. The minimum Gasteiger partial charge on any atom is -0.392 e. The smallest absolute Gasteiger partial charge is 0.158 e. The van der Waals surface area contributed by atoms with Gasteiger partial charge in [0, 0.05) is 49.5 Å². The lowest BCUT2D eigenvalue weighted by atomic mass is 9.51. The van der Waals surface area contributed by atoms with Gasteiger partial charge in [-0.05, 0) is 27.7 Å². The number of hydrogen-bond donors (Lipinski definition) is 2. The van der Waals surface area contributed by atoms with E-state index in [1.54, 1.807) is 27.7 Å². The first-order chi connectivity index (χ1) is 9.62. The summed E-state index contributed by atoms with van der Waals surface area (Å²) in [6, 6.07) is 0. The summed E-state index contributed by atoms with van der Waals surface area (Å²) in [4.78, 5) is 22.4. The Hall–Kier alpha value is 1.45. The van der Waals surface area contributed by atoms with Crippen LogP contribution in [-0.4, -0.2) is 34.0 Å². The molecule has 0 saturated heterocycles. The van der Waals surface area contributed by atoms with E-state index in [9.17, 15) is 19.8 Å². The lowest BCUT2D eigenvalue weighted by molar-refractivity contribution is -0.247. The zero-order chi connectivity index (χ0) is 18.3. The summed E-state index contributed by atoms with van der Waals surface area (Å²) < 4.78 is 0. The Balaban J connectivity index is -0.000000310. The molecule has 7 heteroatoms. The van der Waals surface area contributed by atoms with Crippen molar-refractivity contribution < 1.29 is 21.2 Å². The van der Waals surface area contributed by atoms with Crippen LogP contribution in [0, 0.1) is 21.7 Å². The van der Waals surface area contributed by atoms with E-state index in [1.165, 1.54) is 0 Å². The summed E-state index contributed by atoms with van der Waals surface area (Å²) in [5.41, 5.74) is -2.04. The monoisotopic (exact) mass is 668 g/mol. The lowest BCUT2D eigenvalue weighted by Gasteiger charge is -2.59. The van der Waals surface area contributed by atoms with Gasteiger partial charge in [-0.25, -0.2) is 0 Å². The van der Waals surface area contributed by atoms with Crippen LogP contribution in [0.1, 0.15) is 56.8 Å². The molecule has 2 fully saturated rings. The summed E-state index contributed by atoms with van der Waals surface area (Å²) in [6.07, 6.45) is -0.759. The number of rotatable bonds is 0. The van der Waals surface area contributed by atoms with Gasteiger partial charge in [0.2, 0.25) is 0 Å². The Bertz CT molecular complexity index is 392. The molecule has 2 rings (SSSR count). The highest BCUT2D eigenvalue weighted by Gasteiger charge is 2.61. The number of carbonyl (C=O) groups excluding carboxylic acids is 2. The van der Waals surface area contributed by atoms with Crippen LogP contribution in [0.25, 0.3) is 0 Å². The largest absolute Gasteiger partial charge is 0.392 e. The maximum Gasteiger partial charge on any atom is 0.158 e. The molecule has 23 heavy (non-hydrogen) atoms. The molecule has 0 atom stereocenters. The minimum absolute atomic E-state index is 0. The summed E-state index contributed by atoms with van der Waals surface area (Å²) in [5, 5.41) is 19.0. The Morgan fingerprint density at radius 2 is 0.913 bits per heavy atom. The van der Waals surface area contributed by atoms with E-state index in [0.29, 0.717) is 0 Å². The molecule has 0 bridgehead atoms. The van der Waals surface area contributed by atoms with Gasteiger partial charge >= 0.3 is 0 Å². The summed E-state index contributed by atoms with van der Waals surface area (Å²) >= 11 is 4.24. The zero-order valence-corrected chi connectivity index (χ0v) is 21.7. The van der Waals surface area contributed by atoms with Crippen molar-refractivity contribution in [3.63, 3.8) is 0 Å². The normalized spacial score (nSPS) is 31.0. The van der Waals surface area contributed by atoms with Crippen molar-refractivity contribution in [2.45, 2.75) is 67.6 Å². The van der Waals surface area contributed by atoms with Crippen molar-refractivity contribution in [3.05, 3.63) is 0 Å². The Labute approximate surface area is 181 Å². The summed E-state index contributed by atoms with van der Waals surface area (Å²) in [6.45, 7) is 14.3. The van der Waals surface area contributed by atoms with Gasteiger partial charge in [0.25, 0.3) is 0 Å². The highest BCUT2D eigenvalue weighted by atomic mass is 128. The van der Waals surface area contributed by atoms with Crippen LogP contribution >= 0.6 is 61.2 Å². The van der Waals surface area contributed by atoms with Gasteiger partial charge in [-0.3, -0.25) is 9.59 Å². The van der Waals surface area contributed by atoms with Gasteiger partial charge in [-0.2, -0.15) is 0 Å². The second kappa shape index (κ2) is 8.43. The van der Waals surface area contributed by atoms with Gasteiger partial charge in [-0.1, -0.05) is 27.7 Å². The number of Topliss-reactive ketones (excluding diaryl/α,β-unsaturated/α-hetero) is 2. The number of aliphatic hydroxyl groups excluding tert-OH is 2. The van der Waals surface area contributed by atoms with Gasteiger partial charge in [-0.15, -0.1) is 24.0 Å². The molecule has 2 aliphatic carbocycles. The molecule has 2 N–H and O–H groups in total. The molecule has 0 radical (unpaired) electrons. The van der Waals surface area contributed by atoms with Crippen LogP contribution < -0.4 is 0 Å². The van der Waals surface area contributed by atoms with Crippen LogP contribution in [0.4, 0.5) is 0 Å². The molecule has 2 aliphatic rings.